The highest BCUT2D eigenvalue weighted by molar-refractivity contribution is 4.85. The maximum Gasteiger partial charge on any atom is 0.0758 e. The van der Waals surface area contributed by atoms with Crippen LogP contribution in [0.2, 0.25) is 0 Å². The first-order chi connectivity index (χ1) is 5.64. The first kappa shape index (κ1) is 9.96. The summed E-state index contributed by atoms with van der Waals surface area (Å²) in [4.78, 5) is 2.26. The topological polar surface area (TPSA) is 43.7 Å². The Morgan fingerprint density at radius 3 is 2.67 bits per heavy atom. The van der Waals surface area contributed by atoms with Crippen LogP contribution in [0.15, 0.2) is 0 Å². The molecule has 1 aliphatic heterocycles. The Balaban J connectivity index is 2.11. The zero-order chi connectivity index (χ0) is 9.03. The summed E-state index contributed by atoms with van der Waals surface area (Å²) in [6, 6.07) is 0. The van der Waals surface area contributed by atoms with Crippen LogP contribution in [0, 0.1) is 0 Å². The van der Waals surface area contributed by atoms with E-state index in [9.17, 15) is 5.11 Å². The number of hydrogen-bond donors (Lipinski definition) is 2. The number of hydrogen-bond acceptors (Lipinski definition) is 3. The van der Waals surface area contributed by atoms with Gasteiger partial charge >= 0.3 is 0 Å². The van der Waals surface area contributed by atoms with Crippen LogP contribution in [-0.4, -0.2) is 47.0 Å². The van der Waals surface area contributed by atoms with Crippen LogP contribution in [0.5, 0.6) is 0 Å². The molecule has 1 heterocycles. The van der Waals surface area contributed by atoms with Crippen molar-refractivity contribution < 1.29 is 10.2 Å². The quantitative estimate of drug-likeness (QED) is 0.598. The molecule has 0 radical (unpaired) electrons. The highest BCUT2D eigenvalue weighted by Gasteiger charge is 2.30. The van der Waals surface area contributed by atoms with Gasteiger partial charge in [0.25, 0.3) is 0 Å². The average molecular weight is 173 g/mol. The summed E-state index contributed by atoms with van der Waals surface area (Å²) >= 11 is 0. The van der Waals surface area contributed by atoms with Crippen molar-refractivity contribution in [3.63, 3.8) is 0 Å². The first-order valence-electron chi connectivity index (χ1n) is 4.70. The molecule has 0 bridgehead atoms. The van der Waals surface area contributed by atoms with Crippen molar-refractivity contribution in [2.24, 2.45) is 0 Å². The molecule has 1 aliphatic rings. The number of nitrogens with zero attached hydrogens (tertiary/aromatic N) is 1. The lowest BCUT2D eigenvalue weighted by atomic mass is 10.1. The van der Waals surface area contributed by atoms with Gasteiger partial charge in [-0.2, -0.15) is 0 Å². The number of rotatable bonds is 4. The van der Waals surface area contributed by atoms with Crippen LogP contribution in [0.4, 0.5) is 0 Å². The molecule has 1 fully saturated rings. The Hall–Kier alpha value is -0.120. The Bertz CT molecular complexity index is 136. The summed E-state index contributed by atoms with van der Waals surface area (Å²) in [5.41, 5.74) is -0.473. The highest BCUT2D eigenvalue weighted by atomic mass is 16.3. The Labute approximate surface area is 74.0 Å². The van der Waals surface area contributed by atoms with Crippen molar-refractivity contribution in [3.8, 4) is 0 Å². The third-order valence-corrected chi connectivity index (χ3v) is 2.41. The van der Waals surface area contributed by atoms with Crippen LogP contribution < -0.4 is 0 Å². The van der Waals surface area contributed by atoms with Gasteiger partial charge in [-0.05, 0) is 32.7 Å². The zero-order valence-electron chi connectivity index (χ0n) is 7.79. The van der Waals surface area contributed by atoms with Crippen molar-refractivity contribution in [2.45, 2.75) is 31.8 Å². The monoisotopic (exact) mass is 173 g/mol. The van der Waals surface area contributed by atoms with Crippen molar-refractivity contribution in [1.82, 2.24) is 4.90 Å². The molecule has 0 aromatic heterocycles. The summed E-state index contributed by atoms with van der Waals surface area (Å²) in [6.07, 6.45) is 2.79. The molecule has 1 saturated heterocycles. The minimum atomic E-state index is -0.473. The molecule has 0 saturated carbocycles. The summed E-state index contributed by atoms with van der Waals surface area (Å²) in [5, 5.41) is 18.2. The van der Waals surface area contributed by atoms with Gasteiger partial charge in [0.1, 0.15) is 0 Å². The van der Waals surface area contributed by atoms with Crippen LogP contribution in [-0.2, 0) is 0 Å². The first-order valence-corrected chi connectivity index (χ1v) is 4.70. The van der Waals surface area contributed by atoms with Crippen molar-refractivity contribution in [2.75, 3.05) is 26.2 Å². The van der Waals surface area contributed by atoms with Crippen LogP contribution in [0.3, 0.4) is 0 Å². The summed E-state index contributed by atoms with van der Waals surface area (Å²) in [6.45, 7) is 4.97. The lowest BCUT2D eigenvalue weighted by molar-refractivity contribution is 0.0684. The predicted molar refractivity (Wildman–Crippen MR) is 48.0 cm³/mol. The molecular formula is C9H19NO2. The van der Waals surface area contributed by atoms with Gasteiger partial charge in [0, 0.05) is 19.7 Å². The van der Waals surface area contributed by atoms with Crippen molar-refractivity contribution >= 4 is 0 Å². The van der Waals surface area contributed by atoms with E-state index in [0.717, 1.165) is 38.9 Å². The Morgan fingerprint density at radius 2 is 2.17 bits per heavy atom. The smallest absolute Gasteiger partial charge is 0.0758 e. The normalized spacial score (nSPS) is 31.2. The third-order valence-electron chi connectivity index (χ3n) is 2.41. The van der Waals surface area contributed by atoms with E-state index in [0.29, 0.717) is 0 Å². The molecule has 0 spiro atoms. The molecule has 1 atom stereocenters. The van der Waals surface area contributed by atoms with Crippen molar-refractivity contribution in [3.05, 3.63) is 0 Å². The molecule has 0 aliphatic carbocycles. The number of likely N-dealkylation sites (tertiary alicyclic amines) is 1. The third kappa shape index (κ3) is 3.09. The lowest BCUT2D eigenvalue weighted by Crippen LogP contribution is -2.30. The summed E-state index contributed by atoms with van der Waals surface area (Å²) < 4.78 is 0. The van der Waals surface area contributed by atoms with Gasteiger partial charge in [0.05, 0.1) is 5.60 Å². The minimum Gasteiger partial charge on any atom is -0.396 e. The van der Waals surface area contributed by atoms with E-state index < -0.39 is 5.60 Å². The van der Waals surface area contributed by atoms with Gasteiger partial charge in [0.2, 0.25) is 0 Å². The SMILES string of the molecule is CC1(O)CCN(CCCCO)C1. The molecule has 1 rings (SSSR count). The molecule has 0 amide bonds. The summed E-state index contributed by atoms with van der Waals surface area (Å²) in [7, 11) is 0. The maximum atomic E-state index is 9.63. The molecule has 12 heavy (non-hydrogen) atoms. The van der Waals surface area contributed by atoms with Gasteiger partial charge in [0.15, 0.2) is 0 Å². The van der Waals surface area contributed by atoms with Gasteiger partial charge < -0.3 is 15.1 Å². The molecule has 0 aromatic rings. The second kappa shape index (κ2) is 4.21. The molecule has 0 aromatic carbocycles. The number of unbranched alkanes of at least 4 members (excludes halogenated alkanes) is 1. The molecule has 3 nitrogen and oxygen atoms in total. The average Bonchev–Trinajstić information content (AvgIpc) is 2.31. The lowest BCUT2D eigenvalue weighted by Gasteiger charge is -2.18. The molecule has 1 unspecified atom stereocenters. The van der Waals surface area contributed by atoms with Crippen LogP contribution >= 0.6 is 0 Å². The number of aliphatic hydroxyl groups is 2. The van der Waals surface area contributed by atoms with E-state index in [2.05, 4.69) is 4.90 Å². The van der Waals surface area contributed by atoms with E-state index in [4.69, 9.17) is 5.11 Å². The van der Waals surface area contributed by atoms with Gasteiger partial charge in [-0.3, -0.25) is 0 Å². The fraction of sp³-hybridized carbons (Fsp3) is 1.00. The van der Waals surface area contributed by atoms with Gasteiger partial charge in [-0.25, -0.2) is 0 Å². The Kier molecular flexibility index (Phi) is 3.50. The minimum absolute atomic E-state index is 0.282. The maximum absolute atomic E-state index is 9.63. The molecule has 3 heteroatoms. The number of aliphatic hydroxyl groups excluding tert-OH is 1. The van der Waals surface area contributed by atoms with E-state index in [1.807, 2.05) is 6.92 Å². The zero-order valence-corrected chi connectivity index (χ0v) is 7.79. The highest BCUT2D eigenvalue weighted by Crippen LogP contribution is 2.20. The largest absolute Gasteiger partial charge is 0.396 e. The van der Waals surface area contributed by atoms with E-state index in [-0.39, 0.29) is 6.61 Å². The fourth-order valence-corrected chi connectivity index (χ4v) is 1.68. The Morgan fingerprint density at radius 1 is 1.42 bits per heavy atom. The van der Waals surface area contributed by atoms with E-state index >= 15 is 0 Å². The van der Waals surface area contributed by atoms with Gasteiger partial charge in [-0.15, -0.1) is 0 Å². The van der Waals surface area contributed by atoms with Crippen molar-refractivity contribution in [1.29, 1.82) is 0 Å². The molecular weight excluding hydrogens is 154 g/mol. The summed E-state index contributed by atoms with van der Waals surface area (Å²) in [5.74, 6) is 0. The predicted octanol–water partition coefficient (Wildman–Crippen LogP) is 0.216. The fourth-order valence-electron chi connectivity index (χ4n) is 1.68. The van der Waals surface area contributed by atoms with E-state index in [1.165, 1.54) is 0 Å². The van der Waals surface area contributed by atoms with Crippen LogP contribution in [0.25, 0.3) is 0 Å². The van der Waals surface area contributed by atoms with Gasteiger partial charge in [-0.1, -0.05) is 0 Å². The molecule has 72 valence electrons. The standard InChI is InChI=1S/C9H19NO2/c1-9(12)4-6-10(8-9)5-2-3-7-11/h11-12H,2-8H2,1H3. The second-order valence-corrected chi connectivity index (χ2v) is 3.95. The second-order valence-electron chi connectivity index (χ2n) is 3.95. The number of β-amino-alcohol motifs (C(OH)–C–C–N with tert-alkyl or cyclic N) is 1. The molecule has 2 N–H and O–H groups in total. The van der Waals surface area contributed by atoms with Crippen LogP contribution in [0.1, 0.15) is 26.2 Å². The van der Waals surface area contributed by atoms with E-state index in [1.54, 1.807) is 0 Å².